The average Bonchev–Trinajstić information content (AvgIpc) is 2.83. The summed E-state index contributed by atoms with van der Waals surface area (Å²) in [6.45, 7) is 0.580. The number of hydrogen-bond donors (Lipinski definition) is 1. The van der Waals surface area contributed by atoms with Gasteiger partial charge in [-0.2, -0.15) is 5.10 Å². The summed E-state index contributed by atoms with van der Waals surface area (Å²) < 4.78 is 1.78. The summed E-state index contributed by atoms with van der Waals surface area (Å²) in [5, 5.41) is 5.21. The van der Waals surface area contributed by atoms with Crippen molar-refractivity contribution in [2.75, 3.05) is 5.73 Å². The Hall–Kier alpha value is -2.33. The van der Waals surface area contributed by atoms with Crippen molar-refractivity contribution in [1.29, 1.82) is 0 Å². The number of benzene rings is 1. The van der Waals surface area contributed by atoms with Crippen LogP contribution in [0.25, 0.3) is 11.4 Å². The van der Waals surface area contributed by atoms with Crippen LogP contribution < -0.4 is 5.73 Å². The lowest BCUT2D eigenvalue weighted by Crippen LogP contribution is -2.01. The number of hydrogen-bond acceptors (Lipinski definition) is 3. The molecular formula is C15H13ClN4. The monoisotopic (exact) mass is 284 g/mol. The number of pyridine rings is 1. The van der Waals surface area contributed by atoms with E-state index in [1.54, 1.807) is 17.1 Å². The number of nitrogen functional groups attached to an aromatic ring is 1. The van der Waals surface area contributed by atoms with E-state index < -0.39 is 0 Å². The quantitative estimate of drug-likeness (QED) is 0.803. The van der Waals surface area contributed by atoms with E-state index in [2.05, 4.69) is 10.1 Å². The van der Waals surface area contributed by atoms with Crippen LogP contribution in [0.1, 0.15) is 5.56 Å². The van der Waals surface area contributed by atoms with Gasteiger partial charge in [-0.1, -0.05) is 35.9 Å². The maximum Gasteiger partial charge on any atom is 0.134 e. The highest BCUT2D eigenvalue weighted by molar-refractivity contribution is 6.31. The first-order chi connectivity index (χ1) is 9.74. The van der Waals surface area contributed by atoms with Crippen molar-refractivity contribution in [3.05, 3.63) is 65.4 Å². The molecule has 5 heteroatoms. The van der Waals surface area contributed by atoms with Gasteiger partial charge < -0.3 is 5.73 Å². The Balaban J connectivity index is 1.92. The van der Waals surface area contributed by atoms with E-state index >= 15 is 0 Å². The largest absolute Gasteiger partial charge is 0.396 e. The number of nitrogens with zero attached hydrogens (tertiary/aromatic N) is 3. The van der Waals surface area contributed by atoms with Crippen LogP contribution in [-0.2, 0) is 6.54 Å². The lowest BCUT2D eigenvalue weighted by atomic mass is 10.2. The van der Waals surface area contributed by atoms with Gasteiger partial charge in [0.1, 0.15) is 5.69 Å². The molecule has 0 bridgehead atoms. The summed E-state index contributed by atoms with van der Waals surface area (Å²) in [5.41, 5.74) is 9.08. The molecule has 2 heterocycles. The molecule has 0 atom stereocenters. The van der Waals surface area contributed by atoms with Gasteiger partial charge in [0.2, 0.25) is 0 Å². The molecule has 0 saturated heterocycles. The van der Waals surface area contributed by atoms with Crippen molar-refractivity contribution in [2.45, 2.75) is 6.54 Å². The van der Waals surface area contributed by atoms with Gasteiger partial charge >= 0.3 is 0 Å². The fraction of sp³-hybridized carbons (Fsp3) is 0.0667. The average molecular weight is 285 g/mol. The first kappa shape index (κ1) is 12.7. The zero-order valence-corrected chi connectivity index (χ0v) is 11.5. The molecule has 0 fully saturated rings. The van der Waals surface area contributed by atoms with Crippen molar-refractivity contribution in [1.82, 2.24) is 14.8 Å². The third-order valence-corrected chi connectivity index (χ3v) is 3.36. The van der Waals surface area contributed by atoms with Crippen LogP contribution in [-0.4, -0.2) is 14.8 Å². The Kier molecular flexibility index (Phi) is 3.39. The van der Waals surface area contributed by atoms with Crippen LogP contribution in [0.2, 0.25) is 5.02 Å². The van der Waals surface area contributed by atoms with Crippen LogP contribution in [0.15, 0.2) is 54.9 Å². The highest BCUT2D eigenvalue weighted by atomic mass is 35.5. The smallest absolute Gasteiger partial charge is 0.134 e. The van der Waals surface area contributed by atoms with E-state index in [-0.39, 0.29) is 0 Å². The maximum absolute atomic E-state index is 6.15. The summed E-state index contributed by atoms with van der Waals surface area (Å²) in [4.78, 5) is 4.27. The molecule has 0 aliphatic rings. The van der Waals surface area contributed by atoms with Gasteiger partial charge in [0.05, 0.1) is 17.9 Å². The summed E-state index contributed by atoms with van der Waals surface area (Å²) in [7, 11) is 0. The van der Waals surface area contributed by atoms with Crippen LogP contribution in [0.3, 0.4) is 0 Å². The molecule has 0 spiro atoms. The molecule has 20 heavy (non-hydrogen) atoms. The molecule has 1 aromatic carbocycles. The molecule has 0 amide bonds. The first-order valence-electron chi connectivity index (χ1n) is 6.22. The van der Waals surface area contributed by atoms with Gasteiger partial charge in [0.25, 0.3) is 0 Å². The Morgan fingerprint density at radius 3 is 2.65 bits per heavy atom. The fourth-order valence-electron chi connectivity index (χ4n) is 2.02. The molecule has 0 radical (unpaired) electrons. The van der Waals surface area contributed by atoms with Crippen molar-refractivity contribution in [3.8, 4) is 11.4 Å². The molecule has 4 nitrogen and oxygen atoms in total. The molecule has 0 saturated carbocycles. The number of nitrogens with two attached hydrogens (primary N) is 1. The Labute approximate surface area is 121 Å². The number of rotatable bonds is 3. The second kappa shape index (κ2) is 5.35. The molecule has 3 rings (SSSR count). The standard InChI is InChI=1S/C15H13ClN4/c16-12-6-2-1-5-11(12)9-20-10-13(17)15(19-20)14-7-3-4-8-18-14/h1-8,10H,9,17H2. The molecule has 0 aliphatic heterocycles. The number of aromatic nitrogens is 3. The zero-order valence-electron chi connectivity index (χ0n) is 10.7. The van der Waals surface area contributed by atoms with Crippen molar-refractivity contribution >= 4 is 17.3 Å². The Morgan fingerprint density at radius 2 is 1.90 bits per heavy atom. The minimum absolute atomic E-state index is 0.580. The lowest BCUT2D eigenvalue weighted by Gasteiger charge is -2.03. The summed E-state index contributed by atoms with van der Waals surface area (Å²) in [6.07, 6.45) is 3.52. The fourth-order valence-corrected chi connectivity index (χ4v) is 2.22. The number of halogens is 1. The first-order valence-corrected chi connectivity index (χ1v) is 6.59. The summed E-state index contributed by atoms with van der Waals surface area (Å²) in [6, 6.07) is 13.4. The van der Waals surface area contributed by atoms with Crippen LogP contribution in [0.4, 0.5) is 5.69 Å². The van der Waals surface area contributed by atoms with Gasteiger partial charge in [-0.15, -0.1) is 0 Å². The highest BCUT2D eigenvalue weighted by Crippen LogP contribution is 2.23. The molecule has 3 aromatic rings. The summed E-state index contributed by atoms with van der Waals surface area (Å²) in [5.74, 6) is 0. The van der Waals surface area contributed by atoms with Crippen LogP contribution in [0.5, 0.6) is 0 Å². The zero-order chi connectivity index (χ0) is 13.9. The molecule has 2 N–H and O–H groups in total. The predicted molar refractivity (Wildman–Crippen MR) is 80.4 cm³/mol. The molecule has 0 aliphatic carbocycles. The molecular weight excluding hydrogens is 272 g/mol. The van der Waals surface area contributed by atoms with Crippen LogP contribution >= 0.6 is 11.6 Å². The number of anilines is 1. The van der Waals surface area contributed by atoms with E-state index in [1.165, 1.54) is 0 Å². The van der Waals surface area contributed by atoms with Gasteiger partial charge in [-0.05, 0) is 23.8 Å². The minimum atomic E-state index is 0.580. The second-order valence-electron chi connectivity index (χ2n) is 4.44. The normalized spacial score (nSPS) is 10.7. The SMILES string of the molecule is Nc1cn(Cc2ccccc2Cl)nc1-c1ccccn1. The van der Waals surface area contributed by atoms with Crippen LogP contribution in [0, 0.1) is 0 Å². The van der Waals surface area contributed by atoms with E-state index in [9.17, 15) is 0 Å². The van der Waals surface area contributed by atoms with Crippen molar-refractivity contribution in [2.24, 2.45) is 0 Å². The highest BCUT2D eigenvalue weighted by Gasteiger charge is 2.10. The Bertz CT molecular complexity index is 722. The van der Waals surface area contributed by atoms with E-state index in [0.717, 1.165) is 16.3 Å². The Morgan fingerprint density at radius 1 is 1.10 bits per heavy atom. The third-order valence-electron chi connectivity index (χ3n) is 2.99. The van der Waals surface area contributed by atoms with E-state index in [0.29, 0.717) is 17.9 Å². The molecule has 100 valence electrons. The lowest BCUT2D eigenvalue weighted by molar-refractivity contribution is 0.689. The second-order valence-corrected chi connectivity index (χ2v) is 4.84. The topological polar surface area (TPSA) is 56.7 Å². The van der Waals surface area contributed by atoms with Gasteiger partial charge in [-0.25, -0.2) is 0 Å². The van der Waals surface area contributed by atoms with E-state index in [1.807, 2.05) is 42.5 Å². The van der Waals surface area contributed by atoms with Gasteiger partial charge in [-0.3, -0.25) is 9.67 Å². The maximum atomic E-state index is 6.15. The third kappa shape index (κ3) is 2.51. The predicted octanol–water partition coefficient (Wildman–Crippen LogP) is 3.23. The minimum Gasteiger partial charge on any atom is -0.396 e. The molecule has 0 unspecified atom stereocenters. The summed E-state index contributed by atoms with van der Waals surface area (Å²) >= 11 is 6.15. The van der Waals surface area contributed by atoms with Crippen molar-refractivity contribution in [3.63, 3.8) is 0 Å². The van der Waals surface area contributed by atoms with Crippen molar-refractivity contribution < 1.29 is 0 Å². The molecule has 2 aromatic heterocycles. The van der Waals surface area contributed by atoms with Gasteiger partial charge in [0.15, 0.2) is 0 Å². The van der Waals surface area contributed by atoms with Gasteiger partial charge in [0, 0.05) is 17.4 Å². The van der Waals surface area contributed by atoms with E-state index in [4.69, 9.17) is 17.3 Å².